The van der Waals surface area contributed by atoms with E-state index in [1.165, 1.54) is 26.1 Å². The maximum atomic E-state index is 12.6. The molecule has 1 aliphatic heterocycles. The molecule has 0 aliphatic carbocycles. The minimum atomic E-state index is -3.52. The Morgan fingerprint density at radius 3 is 2.90 bits per heavy atom. The Balaban J connectivity index is 1.30. The molecule has 3 heterocycles. The molecule has 0 saturated heterocycles. The van der Waals surface area contributed by atoms with Crippen molar-refractivity contribution >= 4 is 32.7 Å². The summed E-state index contributed by atoms with van der Waals surface area (Å²) in [5.41, 5.74) is 1.93. The smallest absolute Gasteiger partial charge is 0.264 e. The van der Waals surface area contributed by atoms with E-state index in [0.29, 0.717) is 29.7 Å². The maximum absolute atomic E-state index is 12.6. The Morgan fingerprint density at radius 1 is 1.27 bits per heavy atom. The highest BCUT2D eigenvalue weighted by Crippen LogP contribution is 2.29. The summed E-state index contributed by atoms with van der Waals surface area (Å²) in [6.45, 7) is 0.575. The van der Waals surface area contributed by atoms with Crippen LogP contribution in [0.5, 0.6) is 0 Å². The lowest BCUT2D eigenvalue weighted by Crippen LogP contribution is -2.37. The molecule has 0 atom stereocenters. The topological polar surface area (TPSA) is 119 Å². The van der Waals surface area contributed by atoms with Crippen molar-refractivity contribution in [3.63, 3.8) is 0 Å². The Kier molecular flexibility index (Phi) is 5.29. The van der Waals surface area contributed by atoms with Crippen LogP contribution in [0.25, 0.3) is 11.0 Å². The number of hydrogen-bond donors (Lipinski definition) is 1. The van der Waals surface area contributed by atoms with Crippen molar-refractivity contribution in [2.75, 3.05) is 23.1 Å². The number of benzene rings is 1. The van der Waals surface area contributed by atoms with Gasteiger partial charge in [0, 0.05) is 33.1 Å². The number of rotatable bonds is 7. The summed E-state index contributed by atoms with van der Waals surface area (Å²) in [6.07, 6.45) is 3.56. The van der Waals surface area contributed by atoms with E-state index in [0.717, 1.165) is 5.56 Å². The third kappa shape index (κ3) is 3.80. The number of aryl methyl sites for hydroxylation is 2. The van der Waals surface area contributed by atoms with Crippen molar-refractivity contribution in [3.8, 4) is 0 Å². The zero-order chi connectivity index (χ0) is 21.3. The number of carbonyl (C=O) groups excluding carboxylic acids is 1. The van der Waals surface area contributed by atoms with E-state index in [1.807, 2.05) is 18.2 Å². The summed E-state index contributed by atoms with van der Waals surface area (Å²) in [4.78, 5) is 28.7. The lowest BCUT2D eigenvalue weighted by Gasteiger charge is -2.19. The molecule has 1 aliphatic rings. The largest absolute Gasteiger partial charge is 0.355 e. The monoisotopic (exact) mass is 430 g/mol. The number of nitrogens with zero attached hydrogens (tertiary/aromatic N) is 5. The normalized spacial score (nSPS) is 13.6. The summed E-state index contributed by atoms with van der Waals surface area (Å²) >= 11 is 0. The number of anilines is 1. The maximum Gasteiger partial charge on any atom is 0.264 e. The molecule has 2 aromatic heterocycles. The van der Waals surface area contributed by atoms with Gasteiger partial charge in [0.15, 0.2) is 5.65 Å². The van der Waals surface area contributed by atoms with Gasteiger partial charge in [-0.1, -0.05) is 18.2 Å². The van der Waals surface area contributed by atoms with Crippen LogP contribution in [0.1, 0.15) is 12.0 Å². The first-order valence-electron chi connectivity index (χ1n) is 9.59. The Morgan fingerprint density at radius 2 is 2.07 bits per heavy atom. The SMILES string of the molecule is Cn1ncc2c(=O)n(CCC(=O)NCCS(=O)(=O)N3CCc4ccccc43)cnc21. The Labute approximate surface area is 173 Å². The van der Waals surface area contributed by atoms with Gasteiger partial charge in [0.1, 0.15) is 5.39 Å². The van der Waals surface area contributed by atoms with Crippen LogP contribution in [-0.2, 0) is 34.8 Å². The van der Waals surface area contributed by atoms with Crippen molar-refractivity contribution < 1.29 is 13.2 Å². The van der Waals surface area contributed by atoms with Crippen LogP contribution in [-0.4, -0.2) is 52.5 Å². The van der Waals surface area contributed by atoms with E-state index in [4.69, 9.17) is 0 Å². The molecule has 1 N–H and O–H groups in total. The van der Waals surface area contributed by atoms with Gasteiger partial charge in [-0.15, -0.1) is 0 Å². The number of nitrogens with one attached hydrogen (secondary N) is 1. The van der Waals surface area contributed by atoms with Crippen LogP contribution in [0, 0.1) is 0 Å². The number of fused-ring (bicyclic) bond motifs is 2. The first-order chi connectivity index (χ1) is 14.4. The number of amides is 1. The summed E-state index contributed by atoms with van der Waals surface area (Å²) in [6, 6.07) is 7.42. The molecule has 158 valence electrons. The van der Waals surface area contributed by atoms with Gasteiger partial charge in [-0.3, -0.25) is 23.1 Å². The molecule has 0 unspecified atom stereocenters. The minimum absolute atomic E-state index is 0.00855. The number of aromatic nitrogens is 4. The molecule has 10 nitrogen and oxygen atoms in total. The predicted molar refractivity (Wildman–Crippen MR) is 112 cm³/mol. The fourth-order valence-corrected chi connectivity index (χ4v) is 4.99. The zero-order valence-electron chi connectivity index (χ0n) is 16.5. The van der Waals surface area contributed by atoms with E-state index < -0.39 is 10.0 Å². The summed E-state index contributed by atoms with van der Waals surface area (Å²) < 4.78 is 29.5. The van der Waals surface area contributed by atoms with Crippen molar-refractivity contribution in [3.05, 3.63) is 52.7 Å². The summed E-state index contributed by atoms with van der Waals surface area (Å²) in [7, 11) is -1.82. The number of para-hydroxylation sites is 1. The van der Waals surface area contributed by atoms with Gasteiger partial charge >= 0.3 is 0 Å². The minimum Gasteiger partial charge on any atom is -0.355 e. The molecule has 0 bridgehead atoms. The highest BCUT2D eigenvalue weighted by atomic mass is 32.2. The molecule has 11 heteroatoms. The Hall–Kier alpha value is -3.21. The second-order valence-electron chi connectivity index (χ2n) is 7.12. The third-order valence-electron chi connectivity index (χ3n) is 5.16. The van der Waals surface area contributed by atoms with Crippen LogP contribution in [0.2, 0.25) is 0 Å². The predicted octanol–water partition coefficient (Wildman–Crippen LogP) is 0.0288. The molecule has 3 aromatic rings. The number of sulfonamides is 1. The molecule has 0 fully saturated rings. The second kappa shape index (κ2) is 7.90. The zero-order valence-corrected chi connectivity index (χ0v) is 17.3. The van der Waals surface area contributed by atoms with Crippen LogP contribution in [0.15, 0.2) is 41.6 Å². The highest BCUT2D eigenvalue weighted by Gasteiger charge is 2.28. The van der Waals surface area contributed by atoms with Crippen molar-refractivity contribution in [2.24, 2.45) is 7.05 Å². The standard InChI is InChI=1S/C19H22N6O4S/c1-23-18-15(12-22-23)19(27)24(13-21-18)9-7-17(26)20-8-11-30(28,29)25-10-6-14-4-2-3-5-16(14)25/h2-5,12-13H,6-11H2,1H3,(H,20,26). The van der Waals surface area contributed by atoms with Crippen LogP contribution in [0.3, 0.4) is 0 Å². The van der Waals surface area contributed by atoms with Crippen LogP contribution < -0.4 is 15.2 Å². The molecule has 0 saturated carbocycles. The van der Waals surface area contributed by atoms with Gasteiger partial charge in [-0.25, -0.2) is 13.4 Å². The van der Waals surface area contributed by atoms with Gasteiger partial charge < -0.3 is 5.32 Å². The van der Waals surface area contributed by atoms with Gasteiger partial charge in [-0.05, 0) is 18.1 Å². The summed E-state index contributed by atoms with van der Waals surface area (Å²) in [5.74, 6) is -0.513. The first-order valence-corrected chi connectivity index (χ1v) is 11.2. The molecule has 1 aromatic carbocycles. The van der Waals surface area contributed by atoms with Gasteiger partial charge in [0.25, 0.3) is 5.56 Å². The van der Waals surface area contributed by atoms with Crippen molar-refractivity contribution in [2.45, 2.75) is 19.4 Å². The molecule has 30 heavy (non-hydrogen) atoms. The average molecular weight is 430 g/mol. The van der Waals surface area contributed by atoms with E-state index in [9.17, 15) is 18.0 Å². The van der Waals surface area contributed by atoms with Gasteiger partial charge in [-0.2, -0.15) is 5.10 Å². The molecule has 1 amide bonds. The van der Waals surface area contributed by atoms with E-state index in [2.05, 4.69) is 15.4 Å². The Bertz CT molecular complexity index is 1260. The highest BCUT2D eigenvalue weighted by molar-refractivity contribution is 7.92. The summed E-state index contributed by atoms with van der Waals surface area (Å²) in [5, 5.41) is 7.01. The lowest BCUT2D eigenvalue weighted by molar-refractivity contribution is -0.121. The van der Waals surface area contributed by atoms with Crippen molar-refractivity contribution in [1.29, 1.82) is 0 Å². The number of hydrogen-bond acceptors (Lipinski definition) is 6. The van der Waals surface area contributed by atoms with E-state index >= 15 is 0 Å². The van der Waals surface area contributed by atoms with E-state index in [1.54, 1.807) is 13.1 Å². The molecule has 0 spiro atoms. The molecule has 0 radical (unpaired) electrons. The van der Waals surface area contributed by atoms with E-state index in [-0.39, 0.29) is 36.7 Å². The van der Waals surface area contributed by atoms with Crippen molar-refractivity contribution in [1.82, 2.24) is 24.6 Å². The van der Waals surface area contributed by atoms with Crippen LogP contribution in [0.4, 0.5) is 5.69 Å². The van der Waals surface area contributed by atoms with Crippen LogP contribution >= 0.6 is 0 Å². The second-order valence-corrected chi connectivity index (χ2v) is 9.13. The quantitative estimate of drug-likeness (QED) is 0.565. The van der Waals surface area contributed by atoms with Gasteiger partial charge in [0.05, 0.1) is 24.0 Å². The average Bonchev–Trinajstić information content (AvgIpc) is 3.32. The lowest BCUT2D eigenvalue weighted by atomic mass is 10.2. The fraction of sp³-hybridized carbons (Fsp3) is 0.368. The number of carbonyl (C=O) groups is 1. The first kappa shape index (κ1) is 20.1. The third-order valence-corrected chi connectivity index (χ3v) is 6.93. The molecular formula is C19H22N6O4S. The molecule has 4 rings (SSSR count). The van der Waals surface area contributed by atoms with Gasteiger partial charge in [0.2, 0.25) is 15.9 Å². The molecular weight excluding hydrogens is 408 g/mol. The fourth-order valence-electron chi connectivity index (χ4n) is 3.56.